The molecule has 0 unspecified atom stereocenters. The van der Waals surface area contributed by atoms with Gasteiger partial charge in [-0.25, -0.2) is 4.68 Å². The molecular weight excluding hydrogens is 350 g/mol. The maximum Gasteiger partial charge on any atom is 0.134 e. The van der Waals surface area contributed by atoms with Crippen LogP contribution in [0.1, 0.15) is 32.8 Å². The number of rotatable bonds is 5. The quantitative estimate of drug-likeness (QED) is 0.690. The Labute approximate surface area is 169 Å². The smallest absolute Gasteiger partial charge is 0.134 e. The van der Waals surface area contributed by atoms with E-state index in [1.807, 2.05) is 61.9 Å². The topological polar surface area (TPSA) is 48.3 Å². The molecule has 0 atom stereocenters. The van der Waals surface area contributed by atoms with Gasteiger partial charge in [0, 0.05) is 25.5 Å². The van der Waals surface area contributed by atoms with Crippen molar-refractivity contribution in [2.45, 2.75) is 34.1 Å². The van der Waals surface area contributed by atoms with E-state index in [9.17, 15) is 0 Å². The van der Waals surface area contributed by atoms with E-state index in [4.69, 9.17) is 4.74 Å². The van der Waals surface area contributed by atoms with E-state index < -0.39 is 0 Å². The van der Waals surface area contributed by atoms with Crippen molar-refractivity contribution in [1.82, 2.24) is 9.78 Å². The maximum absolute atomic E-state index is 5.25. The highest BCUT2D eigenvalue weighted by Gasteiger charge is 2.08. The lowest BCUT2D eigenvalue weighted by Crippen LogP contribution is -2.04. The maximum atomic E-state index is 5.25. The fourth-order valence-corrected chi connectivity index (χ4v) is 2.37. The van der Waals surface area contributed by atoms with Crippen LogP contribution in [0.15, 0.2) is 60.8 Å². The van der Waals surface area contributed by atoms with Gasteiger partial charge in [0.15, 0.2) is 0 Å². The highest BCUT2D eigenvalue weighted by atomic mass is 16.5. The molecule has 1 aromatic carbocycles. The van der Waals surface area contributed by atoms with Gasteiger partial charge in [0.2, 0.25) is 0 Å². The van der Waals surface area contributed by atoms with E-state index in [1.54, 1.807) is 20.4 Å². The number of hydrogen-bond donors (Lipinski definition) is 1. The van der Waals surface area contributed by atoms with Crippen molar-refractivity contribution < 1.29 is 9.47 Å². The number of aryl methyl sites for hydroxylation is 1. The first-order valence-electron chi connectivity index (χ1n) is 9.68. The molecule has 2 aromatic rings. The summed E-state index contributed by atoms with van der Waals surface area (Å²) in [5.41, 5.74) is 3.22. The highest BCUT2D eigenvalue weighted by molar-refractivity contribution is 5.68. The van der Waals surface area contributed by atoms with Crippen LogP contribution in [0, 0.1) is 6.92 Å². The molecule has 28 heavy (non-hydrogen) atoms. The predicted molar refractivity (Wildman–Crippen MR) is 119 cm³/mol. The van der Waals surface area contributed by atoms with Crippen molar-refractivity contribution in [3.63, 3.8) is 0 Å². The van der Waals surface area contributed by atoms with Gasteiger partial charge < -0.3 is 14.8 Å². The Hall–Kier alpha value is -2.79. The summed E-state index contributed by atoms with van der Waals surface area (Å²) < 4.78 is 11.7. The second-order valence-corrected chi connectivity index (χ2v) is 5.66. The number of benzene rings is 1. The molecule has 1 N–H and O–H groups in total. The summed E-state index contributed by atoms with van der Waals surface area (Å²) in [5, 5.41) is 7.86. The zero-order valence-corrected chi connectivity index (χ0v) is 17.9. The van der Waals surface area contributed by atoms with Gasteiger partial charge in [-0.3, -0.25) is 0 Å². The zero-order chi connectivity index (χ0) is 20.8. The molecule has 1 aromatic heterocycles. The van der Waals surface area contributed by atoms with Crippen LogP contribution < -0.4 is 10.1 Å². The minimum Gasteiger partial charge on any atom is -0.497 e. The Kier molecular flexibility index (Phi) is 11.1. The average Bonchev–Trinajstić information content (AvgIpc) is 3.03. The van der Waals surface area contributed by atoms with Gasteiger partial charge >= 0.3 is 0 Å². The monoisotopic (exact) mass is 383 g/mol. The van der Waals surface area contributed by atoms with Crippen LogP contribution in [0.2, 0.25) is 0 Å². The van der Waals surface area contributed by atoms with E-state index in [-0.39, 0.29) is 0 Å². The molecular formula is C23H33N3O2. The Morgan fingerprint density at radius 2 is 1.89 bits per heavy atom. The first kappa shape index (κ1) is 23.2. The summed E-state index contributed by atoms with van der Waals surface area (Å²) in [7, 11) is 3.36. The van der Waals surface area contributed by atoms with Gasteiger partial charge in [-0.05, 0) is 50.1 Å². The molecule has 1 heterocycles. The van der Waals surface area contributed by atoms with Gasteiger partial charge in [-0.15, -0.1) is 0 Å². The third-order valence-electron chi connectivity index (χ3n) is 3.85. The SMILES string of the molecule is CC.CCOC.COc1ccc(Nc2ccnn2C2=CCC=CC=C2)c(C)c1. The van der Waals surface area contributed by atoms with Crippen LogP contribution in [-0.2, 0) is 4.74 Å². The van der Waals surface area contributed by atoms with E-state index in [0.29, 0.717) is 0 Å². The number of ether oxygens (including phenoxy) is 2. The number of aromatic nitrogens is 2. The Bertz CT molecular complexity index is 787. The average molecular weight is 384 g/mol. The van der Waals surface area contributed by atoms with E-state index in [2.05, 4.69) is 40.3 Å². The van der Waals surface area contributed by atoms with Gasteiger partial charge in [0.25, 0.3) is 0 Å². The fraction of sp³-hybridized carbons (Fsp3) is 0.348. The minimum absolute atomic E-state index is 0.819. The summed E-state index contributed by atoms with van der Waals surface area (Å²) in [6.45, 7) is 8.83. The third kappa shape index (κ3) is 7.08. The summed E-state index contributed by atoms with van der Waals surface area (Å²) in [6.07, 6.45) is 13.1. The van der Waals surface area contributed by atoms with Gasteiger partial charge in [0.1, 0.15) is 11.6 Å². The molecule has 1 aliphatic rings. The number of methoxy groups -OCH3 is 2. The molecule has 0 saturated carbocycles. The molecule has 0 radical (unpaired) electrons. The third-order valence-corrected chi connectivity index (χ3v) is 3.85. The minimum atomic E-state index is 0.819. The predicted octanol–water partition coefficient (Wildman–Crippen LogP) is 5.98. The lowest BCUT2D eigenvalue weighted by atomic mass is 10.2. The van der Waals surface area contributed by atoms with Crippen LogP contribution in [0.5, 0.6) is 5.75 Å². The summed E-state index contributed by atoms with van der Waals surface area (Å²) in [5.74, 6) is 1.79. The Morgan fingerprint density at radius 1 is 1.14 bits per heavy atom. The van der Waals surface area contributed by atoms with Gasteiger partial charge in [-0.1, -0.05) is 38.2 Å². The lowest BCUT2D eigenvalue weighted by Gasteiger charge is -2.13. The van der Waals surface area contributed by atoms with Crippen LogP contribution >= 0.6 is 0 Å². The standard InChI is InChI=1S/C18H19N3O.C3H8O.C2H6/c1-14-13-16(22-2)9-10-17(14)20-18-11-12-19-21(18)15-7-5-3-4-6-8-15;1-3-4-2;1-2/h3-5,7-13,20H,6H2,1-2H3;3H2,1-2H3;1-2H3. The summed E-state index contributed by atoms with van der Waals surface area (Å²) in [4.78, 5) is 0. The molecule has 152 valence electrons. The van der Waals surface area contributed by atoms with Crippen LogP contribution in [-0.4, -0.2) is 30.6 Å². The van der Waals surface area contributed by atoms with Crippen molar-refractivity contribution in [3.8, 4) is 5.75 Å². The summed E-state index contributed by atoms with van der Waals surface area (Å²) in [6, 6.07) is 7.95. The Balaban J connectivity index is 0.000000583. The number of anilines is 2. The van der Waals surface area contributed by atoms with E-state index >= 15 is 0 Å². The first-order chi connectivity index (χ1) is 13.7. The summed E-state index contributed by atoms with van der Waals surface area (Å²) >= 11 is 0. The largest absolute Gasteiger partial charge is 0.497 e. The molecule has 5 heteroatoms. The molecule has 3 rings (SSSR count). The van der Waals surface area contributed by atoms with Crippen molar-refractivity contribution >= 4 is 17.2 Å². The fourth-order valence-electron chi connectivity index (χ4n) is 2.37. The molecule has 5 nitrogen and oxygen atoms in total. The first-order valence-corrected chi connectivity index (χ1v) is 9.68. The van der Waals surface area contributed by atoms with Crippen LogP contribution in [0.4, 0.5) is 11.5 Å². The van der Waals surface area contributed by atoms with Crippen molar-refractivity contribution in [2.75, 3.05) is 26.1 Å². The molecule has 1 aliphatic carbocycles. The van der Waals surface area contributed by atoms with Crippen LogP contribution in [0.25, 0.3) is 5.70 Å². The second-order valence-electron chi connectivity index (χ2n) is 5.66. The normalized spacial score (nSPS) is 12.0. The zero-order valence-electron chi connectivity index (χ0n) is 17.9. The molecule has 0 spiro atoms. The highest BCUT2D eigenvalue weighted by Crippen LogP contribution is 2.26. The van der Waals surface area contributed by atoms with Crippen molar-refractivity contribution in [2.24, 2.45) is 0 Å². The second kappa shape index (κ2) is 13.4. The Morgan fingerprint density at radius 3 is 2.54 bits per heavy atom. The number of nitrogens with zero attached hydrogens (tertiary/aromatic N) is 2. The molecule has 0 fully saturated rings. The number of hydrogen-bond acceptors (Lipinski definition) is 4. The van der Waals surface area contributed by atoms with E-state index in [1.165, 1.54) is 0 Å². The van der Waals surface area contributed by atoms with Crippen molar-refractivity contribution in [1.29, 1.82) is 0 Å². The van der Waals surface area contributed by atoms with Crippen LogP contribution in [0.3, 0.4) is 0 Å². The number of allylic oxidation sites excluding steroid dienone is 6. The molecule has 0 amide bonds. The molecule has 0 bridgehead atoms. The van der Waals surface area contributed by atoms with Gasteiger partial charge in [0.05, 0.1) is 19.0 Å². The molecule has 0 saturated heterocycles. The van der Waals surface area contributed by atoms with E-state index in [0.717, 1.165) is 41.5 Å². The lowest BCUT2D eigenvalue weighted by molar-refractivity contribution is 0.215. The van der Waals surface area contributed by atoms with Gasteiger partial charge in [-0.2, -0.15) is 5.10 Å². The number of nitrogens with one attached hydrogen (secondary N) is 1. The van der Waals surface area contributed by atoms with Crippen molar-refractivity contribution in [3.05, 3.63) is 66.4 Å². The molecule has 0 aliphatic heterocycles.